The van der Waals surface area contributed by atoms with Crippen LogP contribution in [0.25, 0.3) is 0 Å². The lowest BCUT2D eigenvalue weighted by Gasteiger charge is -2.28. The van der Waals surface area contributed by atoms with Gasteiger partial charge in [0.15, 0.2) is 0 Å². The number of rotatable bonds is 5. The molecule has 0 saturated heterocycles. The van der Waals surface area contributed by atoms with Crippen LogP contribution in [0.15, 0.2) is 0 Å². The fourth-order valence-corrected chi connectivity index (χ4v) is 2.19. The Kier molecular flexibility index (Phi) is 3.87. The largest absolute Gasteiger partial charge is 0.598 e. The molecule has 6 heteroatoms. The highest BCUT2D eigenvalue weighted by molar-refractivity contribution is 7.90. The van der Waals surface area contributed by atoms with Crippen molar-refractivity contribution in [1.82, 2.24) is 4.72 Å². The second-order valence-electron chi connectivity index (χ2n) is 5.18. The van der Waals surface area contributed by atoms with Gasteiger partial charge in [0.2, 0.25) is 0 Å². The highest BCUT2D eigenvalue weighted by atomic mass is 32.2. The van der Waals surface area contributed by atoms with E-state index in [1.54, 1.807) is 20.8 Å². The van der Waals surface area contributed by atoms with Crippen molar-refractivity contribution >= 4 is 17.3 Å². The zero-order valence-electron chi connectivity index (χ0n) is 9.75. The summed E-state index contributed by atoms with van der Waals surface area (Å²) in [5.74, 6) is -1.08. The summed E-state index contributed by atoms with van der Waals surface area (Å²) in [5, 5.41) is 8.69. The molecule has 4 nitrogen and oxygen atoms in total. The molecule has 1 aliphatic rings. The van der Waals surface area contributed by atoms with Crippen molar-refractivity contribution in [3.05, 3.63) is 0 Å². The molecule has 2 atom stereocenters. The second-order valence-corrected chi connectivity index (χ2v) is 7.18. The standard InChI is InChI=1S/C10H18FNO3S/c1-9(2,3)16(15)12-7(6-8(13)14)10(11)4-5-10/h7,12H,4-6H2,1-3H3,(H,13,14)/t7-,16+/m0/s1. The Hall–Kier alpha value is -0.330. The van der Waals surface area contributed by atoms with E-state index >= 15 is 0 Å². The maximum absolute atomic E-state index is 13.8. The second kappa shape index (κ2) is 4.50. The first-order valence-corrected chi connectivity index (χ1v) is 6.39. The van der Waals surface area contributed by atoms with Crippen LogP contribution in [0.3, 0.4) is 0 Å². The third kappa shape index (κ3) is 3.61. The van der Waals surface area contributed by atoms with E-state index in [4.69, 9.17) is 5.11 Å². The average molecular weight is 251 g/mol. The molecular weight excluding hydrogens is 233 g/mol. The van der Waals surface area contributed by atoms with E-state index in [0.717, 1.165) is 0 Å². The van der Waals surface area contributed by atoms with E-state index in [9.17, 15) is 13.7 Å². The number of carboxylic acid groups (broad SMARTS) is 1. The summed E-state index contributed by atoms with van der Waals surface area (Å²) in [6, 6.07) is -0.856. The lowest BCUT2D eigenvalue weighted by atomic mass is 10.1. The van der Waals surface area contributed by atoms with Gasteiger partial charge in [0.25, 0.3) is 0 Å². The molecule has 0 bridgehead atoms. The molecular formula is C10H18FNO3S. The van der Waals surface area contributed by atoms with E-state index in [1.165, 1.54) is 0 Å². The summed E-state index contributed by atoms with van der Waals surface area (Å²) in [5.41, 5.74) is -1.49. The SMILES string of the molecule is CC(C)(C)[S@@+]([O-])N[C@@H](CC(=O)O)C1(F)CC1. The van der Waals surface area contributed by atoms with E-state index in [1.807, 2.05) is 0 Å². The summed E-state index contributed by atoms with van der Waals surface area (Å²) in [6.45, 7) is 5.27. The summed E-state index contributed by atoms with van der Waals surface area (Å²) in [7, 11) is 0. The lowest BCUT2D eigenvalue weighted by molar-refractivity contribution is -0.138. The highest BCUT2D eigenvalue weighted by Gasteiger charge is 2.53. The molecule has 1 rings (SSSR count). The quantitative estimate of drug-likeness (QED) is 0.724. The predicted molar refractivity (Wildman–Crippen MR) is 60.1 cm³/mol. The number of hydrogen-bond acceptors (Lipinski definition) is 3. The van der Waals surface area contributed by atoms with Crippen molar-refractivity contribution in [2.45, 2.75) is 56.5 Å². The van der Waals surface area contributed by atoms with Crippen LogP contribution in [0.5, 0.6) is 0 Å². The molecule has 0 aliphatic heterocycles. The molecule has 0 heterocycles. The Morgan fingerprint density at radius 1 is 1.62 bits per heavy atom. The van der Waals surface area contributed by atoms with E-state index < -0.39 is 33.8 Å². The van der Waals surface area contributed by atoms with Crippen molar-refractivity contribution in [2.75, 3.05) is 0 Å². The molecule has 0 aromatic rings. The Labute approximate surface area is 97.9 Å². The van der Waals surface area contributed by atoms with Crippen LogP contribution in [-0.4, -0.2) is 32.1 Å². The average Bonchev–Trinajstić information content (AvgIpc) is 2.81. The number of halogens is 1. The molecule has 2 N–H and O–H groups in total. The minimum Gasteiger partial charge on any atom is -0.598 e. The Morgan fingerprint density at radius 2 is 2.12 bits per heavy atom. The molecule has 1 fully saturated rings. The van der Waals surface area contributed by atoms with Crippen molar-refractivity contribution < 1.29 is 18.8 Å². The van der Waals surface area contributed by atoms with Crippen LogP contribution >= 0.6 is 0 Å². The normalized spacial score (nSPS) is 22.6. The van der Waals surface area contributed by atoms with Crippen LogP contribution in [0.2, 0.25) is 0 Å². The Balaban J connectivity index is 2.61. The fraction of sp³-hybridized carbons (Fsp3) is 0.900. The van der Waals surface area contributed by atoms with Crippen LogP contribution in [0, 0.1) is 0 Å². The number of alkyl halides is 1. The molecule has 0 unspecified atom stereocenters. The molecule has 0 aromatic heterocycles. The topological polar surface area (TPSA) is 72.4 Å². The van der Waals surface area contributed by atoms with Crippen LogP contribution < -0.4 is 4.72 Å². The van der Waals surface area contributed by atoms with Crippen molar-refractivity contribution in [3.8, 4) is 0 Å². The smallest absolute Gasteiger partial charge is 0.305 e. The van der Waals surface area contributed by atoms with Crippen molar-refractivity contribution in [3.63, 3.8) is 0 Å². The zero-order valence-corrected chi connectivity index (χ0v) is 10.6. The molecule has 0 amide bonds. The van der Waals surface area contributed by atoms with Gasteiger partial charge in [0.1, 0.15) is 10.4 Å². The van der Waals surface area contributed by atoms with Gasteiger partial charge in [-0.1, -0.05) is 0 Å². The van der Waals surface area contributed by atoms with Crippen LogP contribution in [0.4, 0.5) is 4.39 Å². The maximum atomic E-state index is 13.8. The number of aliphatic carboxylic acids is 1. The highest BCUT2D eigenvalue weighted by Crippen LogP contribution is 2.44. The van der Waals surface area contributed by atoms with Gasteiger partial charge in [0, 0.05) is 11.4 Å². The van der Waals surface area contributed by atoms with Crippen molar-refractivity contribution in [1.29, 1.82) is 0 Å². The maximum Gasteiger partial charge on any atom is 0.305 e. The first-order chi connectivity index (χ1) is 7.15. The van der Waals surface area contributed by atoms with E-state index in [0.29, 0.717) is 12.8 Å². The van der Waals surface area contributed by atoms with Crippen LogP contribution in [-0.2, 0) is 16.2 Å². The number of hydrogen-bond donors (Lipinski definition) is 2. The predicted octanol–water partition coefficient (Wildman–Crippen LogP) is 1.38. The molecule has 1 saturated carbocycles. The third-order valence-electron chi connectivity index (χ3n) is 2.54. The van der Waals surface area contributed by atoms with Gasteiger partial charge in [0.05, 0.1) is 12.5 Å². The summed E-state index contributed by atoms with van der Waals surface area (Å²) < 4.78 is 27.7. The molecule has 1 aliphatic carbocycles. The number of nitrogens with one attached hydrogen (secondary N) is 1. The first-order valence-electron chi connectivity index (χ1n) is 5.24. The van der Waals surface area contributed by atoms with Gasteiger partial charge in [-0.3, -0.25) is 4.79 Å². The molecule has 0 aromatic carbocycles. The lowest BCUT2D eigenvalue weighted by Crippen LogP contribution is -2.50. The molecule has 0 spiro atoms. The van der Waals surface area contributed by atoms with Gasteiger partial charge in [-0.25, -0.2) is 4.39 Å². The van der Waals surface area contributed by atoms with Gasteiger partial charge < -0.3 is 9.66 Å². The monoisotopic (exact) mass is 251 g/mol. The summed E-state index contributed by atoms with van der Waals surface area (Å²) in [6.07, 6.45) is 0.358. The minimum absolute atomic E-state index is 0.335. The van der Waals surface area contributed by atoms with Gasteiger partial charge in [-0.15, -0.1) is 4.72 Å². The number of carbonyl (C=O) groups is 1. The molecule has 16 heavy (non-hydrogen) atoms. The van der Waals surface area contributed by atoms with Crippen LogP contribution in [0.1, 0.15) is 40.0 Å². The Morgan fingerprint density at radius 3 is 2.44 bits per heavy atom. The van der Waals surface area contributed by atoms with Gasteiger partial charge in [-0.2, -0.15) is 0 Å². The summed E-state index contributed by atoms with van der Waals surface area (Å²) >= 11 is -1.44. The van der Waals surface area contributed by atoms with Gasteiger partial charge >= 0.3 is 5.97 Å². The minimum atomic E-state index is -1.49. The van der Waals surface area contributed by atoms with Gasteiger partial charge in [-0.05, 0) is 33.6 Å². The third-order valence-corrected chi connectivity index (χ3v) is 4.15. The number of carboxylic acids is 1. The zero-order chi connectivity index (χ0) is 12.6. The molecule has 0 radical (unpaired) electrons. The fourth-order valence-electron chi connectivity index (χ4n) is 1.28. The first kappa shape index (κ1) is 13.7. The van der Waals surface area contributed by atoms with E-state index in [2.05, 4.69) is 4.72 Å². The van der Waals surface area contributed by atoms with Crippen molar-refractivity contribution in [2.24, 2.45) is 0 Å². The Bertz CT molecular complexity index is 276. The molecule has 94 valence electrons. The summed E-state index contributed by atoms with van der Waals surface area (Å²) in [4.78, 5) is 10.6. The van der Waals surface area contributed by atoms with E-state index in [-0.39, 0.29) is 6.42 Å².